The van der Waals surface area contributed by atoms with Crippen molar-refractivity contribution in [3.8, 4) is 11.5 Å². The number of hydrogen-bond donors (Lipinski definition) is 1. The maximum Gasteiger partial charge on any atom is 0.254 e. The summed E-state index contributed by atoms with van der Waals surface area (Å²) in [6.07, 6.45) is 5.29. The van der Waals surface area contributed by atoms with Crippen molar-refractivity contribution >= 4 is 16.9 Å². The summed E-state index contributed by atoms with van der Waals surface area (Å²) in [5, 5.41) is 8.60. The molecule has 1 fully saturated rings. The van der Waals surface area contributed by atoms with Gasteiger partial charge >= 0.3 is 0 Å². The van der Waals surface area contributed by atoms with E-state index in [4.69, 9.17) is 9.40 Å². The van der Waals surface area contributed by atoms with Gasteiger partial charge in [-0.1, -0.05) is 0 Å². The van der Waals surface area contributed by atoms with Crippen LogP contribution >= 0.6 is 0 Å². The molecule has 1 aliphatic heterocycles. The van der Waals surface area contributed by atoms with Gasteiger partial charge in [0.05, 0.1) is 23.4 Å². The summed E-state index contributed by atoms with van der Waals surface area (Å²) in [6, 6.07) is 5.90. The predicted octanol–water partition coefficient (Wildman–Crippen LogP) is 3.10. The van der Waals surface area contributed by atoms with Crippen LogP contribution in [0.15, 0.2) is 35.1 Å². The van der Waals surface area contributed by atoms with E-state index in [1.54, 1.807) is 12.5 Å². The van der Waals surface area contributed by atoms with Crippen LogP contribution < -0.4 is 5.32 Å². The number of carbonyl (C=O) groups is 1. The number of nitrogens with one attached hydrogen (secondary N) is 1. The van der Waals surface area contributed by atoms with Crippen LogP contribution in [0.1, 0.15) is 43.1 Å². The maximum atomic E-state index is 13.4. The number of fused-ring (bicyclic) bond motifs is 1. The number of nitrogens with zero attached hydrogens (tertiary/aromatic N) is 4. The van der Waals surface area contributed by atoms with E-state index in [-0.39, 0.29) is 18.0 Å². The lowest BCUT2D eigenvalue weighted by Gasteiger charge is -2.31. The van der Waals surface area contributed by atoms with Gasteiger partial charge in [-0.2, -0.15) is 5.10 Å². The summed E-state index contributed by atoms with van der Waals surface area (Å²) in [4.78, 5) is 20.0. The lowest BCUT2D eigenvalue weighted by Crippen LogP contribution is -2.44. The molecule has 0 unspecified atom stereocenters. The number of furan rings is 1. The molecule has 0 atom stereocenters. The highest BCUT2D eigenvalue weighted by Gasteiger charge is 2.26. The van der Waals surface area contributed by atoms with Gasteiger partial charge in [0.15, 0.2) is 11.4 Å². The summed E-state index contributed by atoms with van der Waals surface area (Å²) in [5.74, 6) is 0.650. The standard InChI is InChI=1S/C20H25N5O2/c1-13(2)25-19-16(12-22-25)15(11-17(23-19)18-5-4-10-27-18)20(26)24(3)14-6-8-21-9-7-14/h4-5,10-14,21H,6-9H2,1-3H3. The molecule has 4 rings (SSSR count). The molecule has 1 saturated heterocycles. The van der Waals surface area contributed by atoms with Crippen molar-refractivity contribution in [3.63, 3.8) is 0 Å². The number of hydrogen-bond acceptors (Lipinski definition) is 5. The third kappa shape index (κ3) is 3.23. The van der Waals surface area contributed by atoms with Gasteiger partial charge in [-0.25, -0.2) is 9.67 Å². The van der Waals surface area contributed by atoms with Crippen LogP contribution in [0.2, 0.25) is 0 Å². The molecule has 4 heterocycles. The van der Waals surface area contributed by atoms with Crippen LogP contribution in [0.4, 0.5) is 0 Å². The highest BCUT2D eigenvalue weighted by Crippen LogP contribution is 2.28. The zero-order valence-corrected chi connectivity index (χ0v) is 16.0. The molecule has 3 aromatic heterocycles. The van der Waals surface area contributed by atoms with E-state index in [2.05, 4.69) is 24.3 Å². The molecule has 0 aromatic carbocycles. The van der Waals surface area contributed by atoms with Crippen molar-refractivity contribution in [1.82, 2.24) is 25.0 Å². The molecule has 7 heteroatoms. The molecule has 3 aromatic rings. The van der Waals surface area contributed by atoms with Crippen molar-refractivity contribution in [3.05, 3.63) is 36.2 Å². The Labute approximate surface area is 158 Å². The highest BCUT2D eigenvalue weighted by atomic mass is 16.3. The van der Waals surface area contributed by atoms with Gasteiger partial charge in [0.2, 0.25) is 0 Å². The fraction of sp³-hybridized carbons (Fsp3) is 0.450. The highest BCUT2D eigenvalue weighted by molar-refractivity contribution is 6.06. The van der Waals surface area contributed by atoms with Gasteiger partial charge in [-0.3, -0.25) is 4.79 Å². The van der Waals surface area contributed by atoms with Gasteiger partial charge < -0.3 is 14.6 Å². The first-order valence-corrected chi connectivity index (χ1v) is 9.46. The molecule has 0 radical (unpaired) electrons. The Hall–Kier alpha value is -2.67. The van der Waals surface area contributed by atoms with Gasteiger partial charge in [-0.05, 0) is 58.0 Å². The Bertz CT molecular complexity index is 939. The molecule has 1 aliphatic rings. The SMILES string of the molecule is CC(C)n1ncc2c(C(=O)N(C)C3CCNCC3)cc(-c3ccco3)nc21. The maximum absolute atomic E-state index is 13.4. The van der Waals surface area contributed by atoms with Crippen LogP contribution in [0, 0.1) is 0 Å². The molecule has 1 N–H and O–H groups in total. The van der Waals surface area contributed by atoms with Crippen LogP contribution in [0.25, 0.3) is 22.5 Å². The smallest absolute Gasteiger partial charge is 0.254 e. The Kier molecular flexibility index (Phi) is 4.70. The minimum atomic E-state index is 0.00501. The third-order valence-electron chi connectivity index (χ3n) is 5.24. The third-order valence-corrected chi connectivity index (χ3v) is 5.24. The van der Waals surface area contributed by atoms with E-state index in [1.165, 1.54) is 0 Å². The zero-order valence-electron chi connectivity index (χ0n) is 16.0. The van der Waals surface area contributed by atoms with Crippen molar-refractivity contribution in [2.75, 3.05) is 20.1 Å². The van der Waals surface area contributed by atoms with Gasteiger partial charge in [0.25, 0.3) is 5.91 Å². The Balaban J connectivity index is 1.81. The summed E-state index contributed by atoms with van der Waals surface area (Å²) in [5.41, 5.74) is 1.98. The molecular formula is C20H25N5O2. The second kappa shape index (κ2) is 7.15. The summed E-state index contributed by atoms with van der Waals surface area (Å²) in [6.45, 7) is 5.99. The minimum Gasteiger partial charge on any atom is -0.463 e. The molecule has 0 aliphatic carbocycles. The summed E-state index contributed by atoms with van der Waals surface area (Å²) < 4.78 is 7.38. The average molecular weight is 367 g/mol. The minimum absolute atomic E-state index is 0.00501. The van der Waals surface area contributed by atoms with Crippen LogP contribution in [-0.4, -0.2) is 51.8 Å². The molecule has 7 nitrogen and oxygen atoms in total. The first-order chi connectivity index (χ1) is 13.1. The quantitative estimate of drug-likeness (QED) is 0.767. The van der Waals surface area contributed by atoms with Crippen molar-refractivity contribution in [2.45, 2.75) is 38.8 Å². The van der Waals surface area contributed by atoms with Crippen LogP contribution in [0.5, 0.6) is 0 Å². The molecule has 27 heavy (non-hydrogen) atoms. The van der Waals surface area contributed by atoms with E-state index < -0.39 is 0 Å². The van der Waals surface area contributed by atoms with E-state index in [0.717, 1.165) is 31.3 Å². The average Bonchev–Trinajstić information content (AvgIpc) is 3.36. The molecule has 0 saturated carbocycles. The number of amides is 1. The Morgan fingerprint density at radius 3 is 2.81 bits per heavy atom. The second-order valence-corrected chi connectivity index (χ2v) is 7.35. The lowest BCUT2D eigenvalue weighted by atomic mass is 10.0. The number of carbonyl (C=O) groups excluding carboxylic acids is 1. The number of piperidine rings is 1. The van der Waals surface area contributed by atoms with Crippen molar-refractivity contribution in [2.24, 2.45) is 0 Å². The summed E-state index contributed by atoms with van der Waals surface area (Å²) in [7, 11) is 1.89. The van der Waals surface area contributed by atoms with E-state index >= 15 is 0 Å². The molecule has 0 spiro atoms. The zero-order chi connectivity index (χ0) is 19.0. The van der Waals surface area contributed by atoms with Crippen molar-refractivity contribution in [1.29, 1.82) is 0 Å². The normalized spacial score (nSPS) is 15.6. The van der Waals surface area contributed by atoms with Crippen LogP contribution in [-0.2, 0) is 0 Å². The number of rotatable bonds is 4. The number of pyridine rings is 1. The van der Waals surface area contributed by atoms with Gasteiger partial charge in [0, 0.05) is 19.1 Å². The monoisotopic (exact) mass is 367 g/mol. The molecule has 0 bridgehead atoms. The Morgan fingerprint density at radius 1 is 1.37 bits per heavy atom. The second-order valence-electron chi connectivity index (χ2n) is 7.35. The molecular weight excluding hydrogens is 342 g/mol. The number of aromatic nitrogens is 3. The van der Waals surface area contributed by atoms with E-state index in [9.17, 15) is 4.79 Å². The van der Waals surface area contributed by atoms with Crippen LogP contribution in [0.3, 0.4) is 0 Å². The Morgan fingerprint density at radius 2 is 2.15 bits per heavy atom. The summed E-state index contributed by atoms with van der Waals surface area (Å²) >= 11 is 0. The van der Waals surface area contributed by atoms with E-state index in [1.807, 2.05) is 34.8 Å². The topological polar surface area (TPSA) is 76.2 Å². The fourth-order valence-electron chi connectivity index (χ4n) is 3.67. The molecule has 142 valence electrons. The first-order valence-electron chi connectivity index (χ1n) is 9.46. The fourth-order valence-corrected chi connectivity index (χ4v) is 3.67. The largest absolute Gasteiger partial charge is 0.463 e. The predicted molar refractivity (Wildman–Crippen MR) is 104 cm³/mol. The lowest BCUT2D eigenvalue weighted by molar-refractivity contribution is 0.0705. The van der Waals surface area contributed by atoms with Gasteiger partial charge in [-0.15, -0.1) is 0 Å². The van der Waals surface area contributed by atoms with Gasteiger partial charge in [0.1, 0.15) is 5.69 Å². The molecule has 1 amide bonds. The van der Waals surface area contributed by atoms with E-state index in [0.29, 0.717) is 22.7 Å². The first kappa shape index (κ1) is 17.7. The van der Waals surface area contributed by atoms with Crippen molar-refractivity contribution < 1.29 is 9.21 Å².